The van der Waals surface area contributed by atoms with Gasteiger partial charge in [-0.3, -0.25) is 4.79 Å². The van der Waals surface area contributed by atoms with Crippen molar-refractivity contribution in [2.75, 3.05) is 44.7 Å². The van der Waals surface area contributed by atoms with E-state index in [2.05, 4.69) is 10.2 Å². The molecule has 2 aromatic carbocycles. The van der Waals surface area contributed by atoms with Crippen LogP contribution in [0.15, 0.2) is 48.5 Å². The number of carbonyl (C=O) groups excluding carboxylic acids is 1. The molecule has 0 bridgehead atoms. The first-order chi connectivity index (χ1) is 12.2. The molecule has 0 spiro atoms. The number of nitrogens with one attached hydrogen (secondary N) is 1. The van der Waals surface area contributed by atoms with Crippen molar-refractivity contribution in [2.24, 2.45) is 0 Å². The van der Waals surface area contributed by atoms with Gasteiger partial charge in [0.1, 0.15) is 5.75 Å². The lowest BCUT2D eigenvalue weighted by atomic mass is 10.0. The highest BCUT2D eigenvalue weighted by atomic mass is 16.3. The van der Waals surface area contributed by atoms with Crippen LogP contribution in [0.25, 0.3) is 0 Å². The van der Waals surface area contributed by atoms with E-state index in [9.17, 15) is 9.90 Å². The first-order valence-corrected chi connectivity index (χ1v) is 8.75. The van der Waals surface area contributed by atoms with Crippen LogP contribution in [0.3, 0.4) is 0 Å². The van der Waals surface area contributed by atoms with Crippen LogP contribution >= 0.6 is 0 Å². The Bertz CT molecular complexity index is 707. The molecular formula is C20H25N3O2. The van der Waals surface area contributed by atoms with Gasteiger partial charge in [-0.05, 0) is 55.9 Å². The van der Waals surface area contributed by atoms with Gasteiger partial charge in [0.15, 0.2) is 0 Å². The molecule has 5 heteroatoms. The maximum absolute atomic E-state index is 12.9. The van der Waals surface area contributed by atoms with Crippen molar-refractivity contribution >= 4 is 11.6 Å². The molecule has 25 heavy (non-hydrogen) atoms. The predicted molar refractivity (Wildman–Crippen MR) is 100 cm³/mol. The molecule has 1 aliphatic rings. The minimum absolute atomic E-state index is 0.122. The van der Waals surface area contributed by atoms with Crippen LogP contribution in [-0.4, -0.2) is 55.7 Å². The summed E-state index contributed by atoms with van der Waals surface area (Å²) < 4.78 is 0. The number of piperazine rings is 1. The second-order valence-corrected chi connectivity index (χ2v) is 6.31. The van der Waals surface area contributed by atoms with E-state index in [4.69, 9.17) is 0 Å². The van der Waals surface area contributed by atoms with Gasteiger partial charge in [0.05, 0.1) is 0 Å². The topological polar surface area (TPSA) is 55.8 Å². The number of carbonyl (C=O) groups is 1. The number of benzene rings is 2. The lowest BCUT2D eigenvalue weighted by molar-refractivity contribution is 0.0745. The molecule has 0 unspecified atom stereocenters. The molecule has 0 aliphatic carbocycles. The van der Waals surface area contributed by atoms with Crippen LogP contribution in [0.2, 0.25) is 0 Å². The highest BCUT2D eigenvalue weighted by molar-refractivity contribution is 5.95. The van der Waals surface area contributed by atoms with E-state index < -0.39 is 0 Å². The van der Waals surface area contributed by atoms with E-state index in [1.54, 1.807) is 12.1 Å². The summed E-state index contributed by atoms with van der Waals surface area (Å²) in [4.78, 5) is 17.1. The molecule has 1 fully saturated rings. The number of amides is 1. The Morgan fingerprint density at radius 1 is 1.04 bits per heavy atom. The Hall–Kier alpha value is -2.53. The number of nitrogens with zero attached hydrogens (tertiary/aromatic N) is 2. The van der Waals surface area contributed by atoms with Crippen LogP contribution < -0.4 is 10.2 Å². The summed E-state index contributed by atoms with van der Waals surface area (Å²) in [6.07, 6.45) is 0.853. The summed E-state index contributed by atoms with van der Waals surface area (Å²) >= 11 is 0. The SMILES string of the molecule is CNCCc1ccccc1C(=O)N1CCN(c2ccc(O)cc2)CC1. The van der Waals surface area contributed by atoms with E-state index in [0.29, 0.717) is 13.1 Å². The van der Waals surface area contributed by atoms with Crippen LogP contribution in [0.4, 0.5) is 5.69 Å². The highest BCUT2D eigenvalue weighted by Gasteiger charge is 2.23. The van der Waals surface area contributed by atoms with E-state index in [-0.39, 0.29) is 11.7 Å². The number of rotatable bonds is 5. The molecule has 0 saturated carbocycles. The Kier molecular flexibility index (Phi) is 5.56. The van der Waals surface area contributed by atoms with Crippen molar-refractivity contribution < 1.29 is 9.90 Å². The molecule has 1 aliphatic heterocycles. The van der Waals surface area contributed by atoms with E-state index >= 15 is 0 Å². The monoisotopic (exact) mass is 339 g/mol. The number of phenols is 1. The maximum atomic E-state index is 12.9. The third-order valence-corrected chi connectivity index (χ3v) is 4.67. The standard InChI is InChI=1S/C20H25N3O2/c1-21-11-10-16-4-2-3-5-19(16)20(25)23-14-12-22(13-15-23)17-6-8-18(24)9-7-17/h2-9,21,24H,10-15H2,1H3. The average Bonchev–Trinajstić information content (AvgIpc) is 2.67. The van der Waals surface area contributed by atoms with Gasteiger partial charge in [0, 0.05) is 37.4 Å². The number of hydrogen-bond acceptors (Lipinski definition) is 4. The highest BCUT2D eigenvalue weighted by Crippen LogP contribution is 2.21. The summed E-state index contributed by atoms with van der Waals surface area (Å²) in [6, 6.07) is 15.1. The summed E-state index contributed by atoms with van der Waals surface area (Å²) in [5.74, 6) is 0.396. The molecule has 2 aromatic rings. The fraction of sp³-hybridized carbons (Fsp3) is 0.350. The molecule has 0 aromatic heterocycles. The van der Waals surface area contributed by atoms with E-state index in [1.807, 2.05) is 48.3 Å². The lowest BCUT2D eigenvalue weighted by Gasteiger charge is -2.36. The van der Waals surface area contributed by atoms with Crippen LogP contribution in [0.5, 0.6) is 5.75 Å². The van der Waals surface area contributed by atoms with Gasteiger partial charge in [-0.15, -0.1) is 0 Å². The molecule has 1 heterocycles. The number of hydrogen-bond donors (Lipinski definition) is 2. The number of anilines is 1. The quantitative estimate of drug-likeness (QED) is 0.876. The van der Waals surface area contributed by atoms with Gasteiger partial charge >= 0.3 is 0 Å². The minimum Gasteiger partial charge on any atom is -0.508 e. The Morgan fingerprint density at radius 3 is 2.40 bits per heavy atom. The fourth-order valence-electron chi connectivity index (χ4n) is 3.21. The van der Waals surface area contributed by atoms with Gasteiger partial charge in [0.25, 0.3) is 5.91 Å². The van der Waals surface area contributed by atoms with Crippen molar-refractivity contribution in [3.63, 3.8) is 0 Å². The minimum atomic E-state index is 0.122. The molecule has 132 valence electrons. The van der Waals surface area contributed by atoms with Gasteiger partial charge in [-0.25, -0.2) is 0 Å². The smallest absolute Gasteiger partial charge is 0.254 e. The van der Waals surface area contributed by atoms with Gasteiger partial charge in [0.2, 0.25) is 0 Å². The summed E-state index contributed by atoms with van der Waals surface area (Å²) in [7, 11) is 1.92. The number of aromatic hydroxyl groups is 1. The second kappa shape index (κ2) is 8.03. The first kappa shape index (κ1) is 17.3. The van der Waals surface area contributed by atoms with Crippen molar-refractivity contribution in [1.82, 2.24) is 10.2 Å². The molecule has 3 rings (SSSR count). The molecule has 0 radical (unpaired) electrons. The van der Waals surface area contributed by atoms with E-state index in [0.717, 1.165) is 42.9 Å². The Labute approximate surface area is 148 Å². The largest absolute Gasteiger partial charge is 0.508 e. The zero-order valence-corrected chi connectivity index (χ0v) is 14.6. The van der Waals surface area contributed by atoms with Crippen molar-refractivity contribution in [1.29, 1.82) is 0 Å². The average molecular weight is 339 g/mol. The fourth-order valence-corrected chi connectivity index (χ4v) is 3.21. The van der Waals surface area contributed by atoms with Crippen molar-refractivity contribution in [3.8, 4) is 5.75 Å². The summed E-state index contributed by atoms with van der Waals surface area (Å²) in [5.41, 5.74) is 3.00. The Morgan fingerprint density at radius 2 is 1.72 bits per heavy atom. The zero-order chi connectivity index (χ0) is 17.6. The predicted octanol–water partition coefficient (Wildman–Crippen LogP) is 2.12. The first-order valence-electron chi connectivity index (χ1n) is 8.75. The summed E-state index contributed by atoms with van der Waals surface area (Å²) in [6.45, 7) is 3.88. The molecular weight excluding hydrogens is 314 g/mol. The Balaban J connectivity index is 1.65. The number of phenolic OH excluding ortho intramolecular Hbond substituents is 1. The molecule has 1 saturated heterocycles. The third-order valence-electron chi connectivity index (χ3n) is 4.67. The van der Waals surface area contributed by atoms with Crippen LogP contribution in [0, 0.1) is 0 Å². The molecule has 1 amide bonds. The van der Waals surface area contributed by atoms with Gasteiger partial charge in [-0.1, -0.05) is 18.2 Å². The number of likely N-dealkylation sites (N-methyl/N-ethyl adjacent to an activating group) is 1. The lowest BCUT2D eigenvalue weighted by Crippen LogP contribution is -2.49. The van der Waals surface area contributed by atoms with Crippen LogP contribution in [-0.2, 0) is 6.42 Å². The maximum Gasteiger partial charge on any atom is 0.254 e. The zero-order valence-electron chi connectivity index (χ0n) is 14.6. The summed E-state index contributed by atoms with van der Waals surface area (Å²) in [5, 5.41) is 12.5. The van der Waals surface area contributed by atoms with Crippen molar-refractivity contribution in [2.45, 2.75) is 6.42 Å². The normalized spacial score (nSPS) is 14.6. The van der Waals surface area contributed by atoms with Gasteiger partial charge < -0.3 is 20.2 Å². The second-order valence-electron chi connectivity index (χ2n) is 6.31. The van der Waals surface area contributed by atoms with Crippen LogP contribution in [0.1, 0.15) is 15.9 Å². The third kappa shape index (κ3) is 4.12. The molecule has 0 atom stereocenters. The van der Waals surface area contributed by atoms with E-state index in [1.165, 1.54) is 0 Å². The molecule has 2 N–H and O–H groups in total. The van der Waals surface area contributed by atoms with Gasteiger partial charge in [-0.2, -0.15) is 0 Å². The van der Waals surface area contributed by atoms with Crippen molar-refractivity contribution in [3.05, 3.63) is 59.7 Å². The molecule has 5 nitrogen and oxygen atoms in total.